The number of amides is 1. The number of quaternary nitrogens is 1. The fourth-order valence-electron chi connectivity index (χ4n) is 0.457. The smallest absolute Gasteiger partial charge is 0.360 e. The van der Waals surface area contributed by atoms with Gasteiger partial charge in [-0.1, -0.05) is 0 Å². The number of nitrogens with one attached hydrogen (secondary N) is 1. The second kappa shape index (κ2) is 2.38. The average Bonchev–Trinajstić information content (AvgIpc) is 2.37. The topological polar surface area (TPSA) is 85.4 Å². The van der Waals surface area contributed by atoms with E-state index in [0.29, 0.717) is 0 Å². The van der Waals surface area contributed by atoms with Gasteiger partial charge in [0.25, 0.3) is 0 Å². The van der Waals surface area contributed by atoms with Crippen molar-refractivity contribution in [3.63, 3.8) is 0 Å². The molecule has 0 unspecified atom stereocenters. The largest absolute Gasteiger partial charge is 0.628 e. The molecule has 5 heteroatoms. The summed E-state index contributed by atoms with van der Waals surface area (Å²) in [6, 6.07) is 1.44. The van der Waals surface area contributed by atoms with Crippen molar-refractivity contribution in [3.05, 3.63) is 23.2 Å². The SMILES string of the molecule is O=C([NH2+][O-])c1ccn[nH]1. The van der Waals surface area contributed by atoms with Crippen molar-refractivity contribution in [1.82, 2.24) is 10.2 Å². The van der Waals surface area contributed by atoms with Crippen LogP contribution in [-0.4, -0.2) is 16.1 Å². The highest BCUT2D eigenvalue weighted by Crippen LogP contribution is 1.85. The highest BCUT2D eigenvalue weighted by Gasteiger charge is 2.04. The van der Waals surface area contributed by atoms with Crippen LogP contribution in [0.4, 0.5) is 0 Å². The Morgan fingerprint density at radius 2 is 2.67 bits per heavy atom. The summed E-state index contributed by atoms with van der Waals surface area (Å²) < 4.78 is 0. The van der Waals surface area contributed by atoms with Crippen molar-refractivity contribution in [2.24, 2.45) is 0 Å². The molecule has 9 heavy (non-hydrogen) atoms. The molecule has 1 aromatic heterocycles. The van der Waals surface area contributed by atoms with Crippen LogP contribution in [0, 0.1) is 5.21 Å². The summed E-state index contributed by atoms with van der Waals surface area (Å²) in [4.78, 5) is 10.4. The van der Waals surface area contributed by atoms with E-state index in [4.69, 9.17) is 0 Å². The standard InChI is InChI=1S/C4H5N3O2/c8-4(7-9)3-1-2-5-6-3/h1-2H,7H2,(H,5,6). The summed E-state index contributed by atoms with van der Waals surface area (Å²) in [5.41, 5.74) is 0.470. The lowest BCUT2D eigenvalue weighted by Gasteiger charge is -1.93. The molecule has 0 fully saturated rings. The fourth-order valence-corrected chi connectivity index (χ4v) is 0.457. The van der Waals surface area contributed by atoms with Crippen molar-refractivity contribution in [2.75, 3.05) is 0 Å². The highest BCUT2D eigenvalue weighted by molar-refractivity contribution is 5.83. The molecule has 3 N–H and O–H groups in total. The zero-order valence-electron chi connectivity index (χ0n) is 4.50. The zero-order valence-corrected chi connectivity index (χ0v) is 4.50. The van der Waals surface area contributed by atoms with Crippen LogP contribution in [0.3, 0.4) is 0 Å². The molecule has 0 aliphatic rings. The molecule has 0 spiro atoms. The van der Waals surface area contributed by atoms with E-state index < -0.39 is 5.91 Å². The summed E-state index contributed by atoms with van der Waals surface area (Å²) >= 11 is 0. The Kier molecular flexibility index (Phi) is 1.57. The third-order valence-electron chi connectivity index (χ3n) is 0.873. The van der Waals surface area contributed by atoms with Crippen LogP contribution in [0.5, 0.6) is 0 Å². The maximum atomic E-state index is 10.4. The van der Waals surface area contributed by atoms with E-state index in [0.717, 1.165) is 0 Å². The lowest BCUT2D eigenvalue weighted by molar-refractivity contribution is -0.482. The number of rotatable bonds is 1. The summed E-state index contributed by atoms with van der Waals surface area (Å²) in [6.07, 6.45) is 1.41. The van der Waals surface area contributed by atoms with Gasteiger partial charge in [-0.15, -0.1) is 0 Å². The molecule has 1 amide bonds. The van der Waals surface area contributed by atoms with Gasteiger partial charge in [0.2, 0.25) is 0 Å². The summed E-state index contributed by atoms with van der Waals surface area (Å²) in [5, 5.41) is 15.6. The molecule has 0 saturated heterocycles. The molecule has 5 nitrogen and oxygen atoms in total. The lowest BCUT2D eigenvalue weighted by atomic mass is 10.4. The molecule has 0 aromatic carbocycles. The maximum Gasteiger partial charge on any atom is 0.360 e. The summed E-state index contributed by atoms with van der Waals surface area (Å²) in [6.45, 7) is 0. The molecule has 0 atom stereocenters. The molecular formula is C4H5N3O2. The second-order valence-electron chi connectivity index (χ2n) is 1.45. The van der Waals surface area contributed by atoms with Crippen molar-refractivity contribution < 1.29 is 10.3 Å². The number of carbonyl (C=O) groups excluding carboxylic acids is 1. The van der Waals surface area contributed by atoms with Crippen LogP contribution in [0.1, 0.15) is 10.5 Å². The number of aromatic amines is 1. The molecule has 0 aliphatic carbocycles. The first-order valence-electron chi connectivity index (χ1n) is 2.33. The van der Waals surface area contributed by atoms with Crippen LogP contribution < -0.4 is 5.48 Å². The zero-order chi connectivity index (χ0) is 6.69. The third-order valence-corrected chi connectivity index (χ3v) is 0.873. The van der Waals surface area contributed by atoms with E-state index in [1.807, 2.05) is 0 Å². The quantitative estimate of drug-likeness (QED) is 0.455. The fraction of sp³-hybridized carbons (Fsp3) is 0. The number of aromatic nitrogens is 2. The number of nitrogens with zero attached hydrogens (tertiary/aromatic N) is 1. The minimum Gasteiger partial charge on any atom is -0.628 e. The first-order chi connectivity index (χ1) is 4.34. The minimum atomic E-state index is -0.576. The van der Waals surface area contributed by atoms with Gasteiger partial charge in [-0.3, -0.25) is 5.10 Å². The van der Waals surface area contributed by atoms with Crippen LogP contribution in [0.2, 0.25) is 0 Å². The van der Waals surface area contributed by atoms with E-state index in [9.17, 15) is 10.0 Å². The van der Waals surface area contributed by atoms with Crippen LogP contribution in [-0.2, 0) is 0 Å². The van der Waals surface area contributed by atoms with Crippen LogP contribution in [0.15, 0.2) is 12.3 Å². The lowest BCUT2D eigenvalue weighted by Crippen LogP contribution is -2.81. The molecule has 0 bridgehead atoms. The number of hydrogen-bond acceptors (Lipinski definition) is 3. The minimum absolute atomic E-state index is 0.227. The number of hydroxylamine groups is 1. The van der Waals surface area contributed by atoms with Gasteiger partial charge >= 0.3 is 5.91 Å². The van der Waals surface area contributed by atoms with E-state index in [1.54, 1.807) is 0 Å². The monoisotopic (exact) mass is 127 g/mol. The van der Waals surface area contributed by atoms with E-state index >= 15 is 0 Å². The van der Waals surface area contributed by atoms with E-state index in [1.165, 1.54) is 12.3 Å². The van der Waals surface area contributed by atoms with Gasteiger partial charge in [0.05, 0.1) is 0 Å². The first kappa shape index (κ1) is 5.93. The number of carbonyl (C=O) groups is 1. The first-order valence-corrected chi connectivity index (χ1v) is 2.33. The molecule has 1 aromatic rings. The predicted octanol–water partition coefficient (Wildman–Crippen LogP) is -1.39. The van der Waals surface area contributed by atoms with Crippen LogP contribution >= 0.6 is 0 Å². The Labute approximate surface area is 50.7 Å². The van der Waals surface area contributed by atoms with Crippen molar-refractivity contribution in [3.8, 4) is 0 Å². The van der Waals surface area contributed by atoms with Crippen molar-refractivity contribution >= 4 is 5.91 Å². The molecule has 1 rings (SSSR count). The van der Waals surface area contributed by atoms with Gasteiger partial charge in [-0.05, 0) is 6.07 Å². The van der Waals surface area contributed by atoms with Gasteiger partial charge in [-0.2, -0.15) is 5.10 Å². The normalized spacial score (nSPS) is 9.44. The van der Waals surface area contributed by atoms with Crippen molar-refractivity contribution in [2.45, 2.75) is 0 Å². The predicted molar refractivity (Wildman–Crippen MR) is 28.2 cm³/mol. The maximum absolute atomic E-state index is 10.4. The molecule has 1 heterocycles. The van der Waals surface area contributed by atoms with Crippen molar-refractivity contribution in [1.29, 1.82) is 0 Å². The second-order valence-corrected chi connectivity index (χ2v) is 1.45. The Morgan fingerprint density at radius 1 is 1.89 bits per heavy atom. The van der Waals surface area contributed by atoms with Gasteiger partial charge in [0.1, 0.15) is 0 Å². The molecule has 0 aliphatic heterocycles. The van der Waals surface area contributed by atoms with Gasteiger partial charge in [0, 0.05) is 6.20 Å². The summed E-state index contributed by atoms with van der Waals surface area (Å²) in [7, 11) is 0. The van der Waals surface area contributed by atoms with Gasteiger partial charge in [0.15, 0.2) is 5.69 Å². The molecule has 48 valence electrons. The Bertz CT molecular complexity index is 194. The Morgan fingerprint density at radius 3 is 3.11 bits per heavy atom. The molecular weight excluding hydrogens is 122 g/mol. The number of primary amides is 1. The van der Waals surface area contributed by atoms with Gasteiger partial charge in [-0.25, -0.2) is 4.79 Å². The average molecular weight is 127 g/mol. The summed E-state index contributed by atoms with van der Waals surface area (Å²) in [5.74, 6) is -0.576. The number of H-pyrrole nitrogens is 1. The number of hydrogen-bond donors (Lipinski definition) is 2. The van der Waals surface area contributed by atoms with E-state index in [2.05, 4.69) is 10.2 Å². The van der Waals surface area contributed by atoms with Crippen LogP contribution in [0.25, 0.3) is 0 Å². The molecule has 0 saturated carbocycles. The molecule has 0 radical (unpaired) electrons. The third kappa shape index (κ3) is 1.13. The van der Waals surface area contributed by atoms with E-state index in [-0.39, 0.29) is 11.2 Å². The van der Waals surface area contributed by atoms with Gasteiger partial charge < -0.3 is 10.7 Å². The Hall–Kier alpha value is -1.20. The highest BCUT2D eigenvalue weighted by atomic mass is 16.5. The number of nitrogens with two attached hydrogens (primary N) is 1. The Balaban J connectivity index is 2.77.